The molecule has 3 rings (SSSR count). The molecule has 0 amide bonds. The fourth-order valence-electron chi connectivity index (χ4n) is 2.32. The van der Waals surface area contributed by atoms with E-state index in [0.29, 0.717) is 12.2 Å². The van der Waals surface area contributed by atoms with Gasteiger partial charge in [0.15, 0.2) is 5.78 Å². The second-order valence-corrected chi connectivity index (χ2v) is 7.57. The van der Waals surface area contributed by atoms with E-state index in [9.17, 15) is 4.79 Å². The molecular weight excluding hydrogens is 262 g/mol. The molecule has 4 heteroatoms. The number of carbonyl (C=O) groups excluding carboxylic acids is 1. The molecule has 0 spiro atoms. The predicted octanol–water partition coefficient (Wildman–Crippen LogP) is 3.69. The topological polar surface area (TPSA) is 30.0 Å². The first-order valence-corrected chi connectivity index (χ1v) is 7.99. The van der Waals surface area contributed by atoms with Crippen molar-refractivity contribution >= 4 is 39.1 Å². The zero-order valence-electron chi connectivity index (χ0n) is 10.3. The van der Waals surface area contributed by atoms with Crippen molar-refractivity contribution in [3.05, 3.63) is 29.3 Å². The van der Waals surface area contributed by atoms with E-state index in [1.54, 1.807) is 23.1 Å². The van der Waals surface area contributed by atoms with Gasteiger partial charge in [0.05, 0.1) is 21.4 Å². The summed E-state index contributed by atoms with van der Waals surface area (Å²) in [6.45, 7) is 2.08. The molecule has 1 saturated heterocycles. The van der Waals surface area contributed by atoms with E-state index >= 15 is 0 Å². The molecule has 18 heavy (non-hydrogen) atoms. The molecule has 2 heterocycles. The summed E-state index contributed by atoms with van der Waals surface area (Å²) in [6, 6.07) is 8.07. The number of hydrogen-bond donors (Lipinski definition) is 0. The first-order valence-electron chi connectivity index (χ1n) is 6.19. The van der Waals surface area contributed by atoms with Gasteiger partial charge in [0.25, 0.3) is 0 Å². The third-order valence-electron chi connectivity index (χ3n) is 3.46. The van der Waals surface area contributed by atoms with Crippen LogP contribution in [0.1, 0.15) is 24.8 Å². The molecular formula is C14H15NOS2. The lowest BCUT2D eigenvalue weighted by atomic mass is 9.98. The van der Waals surface area contributed by atoms with Crippen LogP contribution in [0.4, 0.5) is 0 Å². The maximum Gasteiger partial charge on any atom is 0.155 e. The van der Waals surface area contributed by atoms with Gasteiger partial charge in [0.2, 0.25) is 0 Å². The van der Waals surface area contributed by atoms with Crippen LogP contribution < -0.4 is 0 Å². The van der Waals surface area contributed by atoms with Gasteiger partial charge in [-0.2, -0.15) is 0 Å². The molecule has 1 fully saturated rings. The lowest BCUT2D eigenvalue weighted by molar-refractivity contribution is -0.120. The standard InChI is InChI=1S/C14H15NOS2/c1-14(7-4-8-17-14)12(16)9-13-15-10-5-2-3-6-11(10)18-13/h2-3,5-6H,4,7-9H2,1H3. The van der Waals surface area contributed by atoms with Gasteiger partial charge < -0.3 is 0 Å². The molecule has 1 unspecified atom stereocenters. The zero-order chi connectivity index (χ0) is 12.6. The third-order valence-corrected chi connectivity index (χ3v) is 6.06. The van der Waals surface area contributed by atoms with Gasteiger partial charge in [0.1, 0.15) is 5.01 Å². The summed E-state index contributed by atoms with van der Waals surface area (Å²) in [6.07, 6.45) is 2.66. The predicted molar refractivity (Wildman–Crippen MR) is 78.4 cm³/mol. The normalized spacial score (nSPS) is 23.6. The Hall–Kier alpha value is -0.870. The average molecular weight is 277 g/mol. The number of thiazole rings is 1. The molecule has 1 aromatic heterocycles. The first kappa shape index (κ1) is 12.2. The number of fused-ring (bicyclic) bond motifs is 1. The van der Waals surface area contributed by atoms with Crippen molar-refractivity contribution in [2.45, 2.75) is 30.9 Å². The highest BCUT2D eigenvalue weighted by atomic mass is 32.2. The van der Waals surface area contributed by atoms with Crippen LogP contribution in [-0.4, -0.2) is 21.3 Å². The molecule has 1 aliphatic rings. The van der Waals surface area contributed by atoms with E-state index in [1.807, 2.05) is 18.2 Å². The Balaban J connectivity index is 1.81. The number of rotatable bonds is 3. The van der Waals surface area contributed by atoms with E-state index in [4.69, 9.17) is 0 Å². The molecule has 2 aromatic rings. The third kappa shape index (κ3) is 2.19. The van der Waals surface area contributed by atoms with Gasteiger partial charge in [0, 0.05) is 0 Å². The van der Waals surface area contributed by atoms with E-state index < -0.39 is 0 Å². The maximum atomic E-state index is 12.4. The minimum Gasteiger partial charge on any atom is -0.298 e. The van der Waals surface area contributed by atoms with Gasteiger partial charge in [-0.25, -0.2) is 4.98 Å². The van der Waals surface area contributed by atoms with Crippen LogP contribution in [0.5, 0.6) is 0 Å². The highest BCUT2D eigenvalue weighted by Gasteiger charge is 2.36. The van der Waals surface area contributed by atoms with Crippen LogP contribution in [-0.2, 0) is 11.2 Å². The summed E-state index contributed by atoms with van der Waals surface area (Å²) in [4.78, 5) is 16.9. The lowest BCUT2D eigenvalue weighted by Gasteiger charge is -2.19. The summed E-state index contributed by atoms with van der Waals surface area (Å²) >= 11 is 3.45. The summed E-state index contributed by atoms with van der Waals surface area (Å²) in [5.74, 6) is 1.45. The monoisotopic (exact) mass is 277 g/mol. The number of Topliss-reactive ketones (excluding diaryl/α,β-unsaturated/α-hetero) is 1. The van der Waals surface area contributed by atoms with Crippen LogP contribution in [0.2, 0.25) is 0 Å². The Morgan fingerprint density at radius 3 is 3.00 bits per heavy atom. The Labute approximate surface area is 115 Å². The molecule has 2 nitrogen and oxygen atoms in total. The molecule has 0 aliphatic carbocycles. The van der Waals surface area contributed by atoms with Crippen molar-refractivity contribution in [3.63, 3.8) is 0 Å². The molecule has 94 valence electrons. The van der Waals surface area contributed by atoms with Gasteiger partial charge in [-0.1, -0.05) is 12.1 Å². The molecule has 1 atom stereocenters. The van der Waals surface area contributed by atoms with Gasteiger partial charge in [-0.3, -0.25) is 4.79 Å². The first-order chi connectivity index (χ1) is 8.67. The van der Waals surface area contributed by atoms with Crippen molar-refractivity contribution in [1.29, 1.82) is 0 Å². The van der Waals surface area contributed by atoms with Crippen LogP contribution in [0.25, 0.3) is 10.2 Å². The van der Waals surface area contributed by atoms with Gasteiger partial charge >= 0.3 is 0 Å². The van der Waals surface area contributed by atoms with Crippen molar-refractivity contribution in [3.8, 4) is 0 Å². The summed E-state index contributed by atoms with van der Waals surface area (Å²) < 4.78 is 1.00. The highest BCUT2D eigenvalue weighted by molar-refractivity contribution is 8.01. The zero-order valence-corrected chi connectivity index (χ0v) is 11.9. The lowest BCUT2D eigenvalue weighted by Crippen LogP contribution is -2.30. The van der Waals surface area contributed by atoms with E-state index in [-0.39, 0.29) is 4.75 Å². The molecule has 0 saturated carbocycles. The number of thioether (sulfide) groups is 1. The number of para-hydroxylation sites is 1. The number of aromatic nitrogens is 1. The van der Waals surface area contributed by atoms with Gasteiger partial charge in [-0.05, 0) is 37.7 Å². The van der Waals surface area contributed by atoms with Crippen molar-refractivity contribution in [1.82, 2.24) is 4.98 Å². The quantitative estimate of drug-likeness (QED) is 0.857. The number of carbonyl (C=O) groups is 1. The molecule has 0 N–H and O–H groups in total. The van der Waals surface area contributed by atoms with Crippen molar-refractivity contribution in [2.75, 3.05) is 5.75 Å². The van der Waals surface area contributed by atoms with Crippen molar-refractivity contribution < 1.29 is 4.79 Å². The average Bonchev–Trinajstić information content (AvgIpc) is 2.95. The number of benzene rings is 1. The van der Waals surface area contributed by atoms with Crippen LogP contribution >= 0.6 is 23.1 Å². The maximum absolute atomic E-state index is 12.4. The molecule has 1 aliphatic heterocycles. The van der Waals surface area contributed by atoms with Crippen LogP contribution in [0.3, 0.4) is 0 Å². The summed E-state index contributed by atoms with van der Waals surface area (Å²) in [7, 11) is 0. The number of hydrogen-bond acceptors (Lipinski definition) is 4. The minimum absolute atomic E-state index is 0.169. The van der Waals surface area contributed by atoms with Crippen LogP contribution in [0.15, 0.2) is 24.3 Å². The number of ketones is 1. The smallest absolute Gasteiger partial charge is 0.155 e. The van der Waals surface area contributed by atoms with E-state index in [1.165, 1.54) is 4.70 Å². The Morgan fingerprint density at radius 1 is 1.44 bits per heavy atom. The molecule has 1 aromatic carbocycles. The Morgan fingerprint density at radius 2 is 2.28 bits per heavy atom. The Kier molecular flexibility index (Phi) is 3.16. The minimum atomic E-state index is -0.169. The van der Waals surface area contributed by atoms with Gasteiger partial charge in [-0.15, -0.1) is 23.1 Å². The fraction of sp³-hybridized carbons (Fsp3) is 0.429. The number of nitrogens with zero attached hydrogens (tertiary/aromatic N) is 1. The highest BCUT2D eigenvalue weighted by Crippen LogP contribution is 2.39. The second-order valence-electron chi connectivity index (χ2n) is 4.86. The molecule has 0 radical (unpaired) electrons. The fourth-order valence-corrected chi connectivity index (χ4v) is 4.55. The largest absolute Gasteiger partial charge is 0.298 e. The molecule has 0 bridgehead atoms. The Bertz CT molecular complexity index is 551. The van der Waals surface area contributed by atoms with Crippen LogP contribution in [0, 0.1) is 0 Å². The summed E-state index contributed by atoms with van der Waals surface area (Å²) in [5, 5.41) is 0.954. The second kappa shape index (κ2) is 4.67. The SMILES string of the molecule is CC1(C(=O)Cc2nc3ccccc3s2)CCCS1. The van der Waals surface area contributed by atoms with Crippen molar-refractivity contribution in [2.24, 2.45) is 0 Å². The van der Waals surface area contributed by atoms with E-state index in [2.05, 4.69) is 18.0 Å². The summed E-state index contributed by atoms with van der Waals surface area (Å²) in [5.41, 5.74) is 1.01. The van der Waals surface area contributed by atoms with E-state index in [0.717, 1.165) is 29.1 Å².